The predicted octanol–water partition coefficient (Wildman–Crippen LogP) is 2.83. The molecular weight excluding hydrogens is 410 g/mol. The van der Waals surface area contributed by atoms with Crippen LogP contribution in [0.4, 0.5) is 5.69 Å². The molecule has 2 aromatic rings. The minimum absolute atomic E-state index is 0.159. The van der Waals surface area contributed by atoms with Crippen LogP contribution in [0.5, 0.6) is 0 Å². The summed E-state index contributed by atoms with van der Waals surface area (Å²) in [5.74, 6) is 0.713. The fourth-order valence-electron chi connectivity index (χ4n) is 3.43. The number of amides is 1. The molecule has 1 aromatic heterocycles. The number of rotatable bonds is 7. The van der Waals surface area contributed by atoms with E-state index in [4.69, 9.17) is 0 Å². The lowest BCUT2D eigenvalue weighted by Gasteiger charge is -2.16. The number of aryl methyl sites for hydroxylation is 1. The number of aromatic nitrogens is 3. The number of sulfonamides is 1. The van der Waals surface area contributed by atoms with E-state index in [1.54, 1.807) is 24.3 Å². The minimum Gasteiger partial charge on any atom is -0.325 e. The summed E-state index contributed by atoms with van der Waals surface area (Å²) in [6.07, 6.45) is 4.05. The summed E-state index contributed by atoms with van der Waals surface area (Å²) in [5.41, 5.74) is 0.572. The highest BCUT2D eigenvalue weighted by Crippen LogP contribution is 2.39. The maximum absolute atomic E-state index is 12.6. The Morgan fingerprint density at radius 2 is 1.83 bits per heavy atom. The summed E-state index contributed by atoms with van der Waals surface area (Å²) in [7, 11) is -3.45. The second kappa shape index (κ2) is 8.08. The number of carbonyl (C=O) groups is 1. The van der Waals surface area contributed by atoms with Crippen LogP contribution in [0.2, 0.25) is 0 Å². The fourth-order valence-corrected chi connectivity index (χ4v) is 5.91. The van der Waals surface area contributed by atoms with Crippen molar-refractivity contribution in [2.45, 2.75) is 60.9 Å². The van der Waals surface area contributed by atoms with E-state index < -0.39 is 10.0 Å². The number of benzene rings is 1. The molecule has 29 heavy (non-hydrogen) atoms. The van der Waals surface area contributed by atoms with Crippen LogP contribution in [-0.4, -0.2) is 51.7 Å². The maximum atomic E-state index is 12.6. The van der Waals surface area contributed by atoms with Crippen LogP contribution < -0.4 is 5.32 Å². The maximum Gasteiger partial charge on any atom is 0.243 e. The zero-order valence-corrected chi connectivity index (χ0v) is 18.2. The number of hydrogen-bond acceptors (Lipinski definition) is 6. The number of anilines is 1. The Morgan fingerprint density at radius 3 is 2.45 bits per heavy atom. The quantitative estimate of drug-likeness (QED) is 0.672. The highest BCUT2D eigenvalue weighted by Gasteiger charge is 2.30. The van der Waals surface area contributed by atoms with Crippen molar-refractivity contribution in [2.24, 2.45) is 0 Å². The van der Waals surface area contributed by atoms with Gasteiger partial charge in [-0.25, -0.2) is 8.42 Å². The van der Waals surface area contributed by atoms with E-state index in [1.807, 2.05) is 13.8 Å². The highest BCUT2D eigenvalue weighted by molar-refractivity contribution is 8.00. The van der Waals surface area contributed by atoms with E-state index in [0.29, 0.717) is 24.8 Å². The van der Waals surface area contributed by atoms with Gasteiger partial charge < -0.3 is 9.88 Å². The Balaban J connectivity index is 1.39. The number of nitrogens with one attached hydrogen (secondary N) is 1. The largest absolute Gasteiger partial charge is 0.325 e. The normalized spacial score (nSPS) is 18.7. The van der Waals surface area contributed by atoms with Crippen molar-refractivity contribution in [3.63, 3.8) is 0 Å². The summed E-state index contributed by atoms with van der Waals surface area (Å²) in [6, 6.07) is 6.82. The van der Waals surface area contributed by atoms with Crippen molar-refractivity contribution in [2.75, 3.05) is 18.4 Å². The zero-order valence-electron chi connectivity index (χ0n) is 16.5. The molecule has 1 aromatic carbocycles. The van der Waals surface area contributed by atoms with Crippen LogP contribution in [0, 0.1) is 6.92 Å². The van der Waals surface area contributed by atoms with Gasteiger partial charge in [0.1, 0.15) is 5.82 Å². The van der Waals surface area contributed by atoms with Gasteiger partial charge in [0.25, 0.3) is 0 Å². The van der Waals surface area contributed by atoms with Gasteiger partial charge in [-0.15, -0.1) is 10.2 Å². The van der Waals surface area contributed by atoms with Gasteiger partial charge in [0, 0.05) is 24.8 Å². The Bertz CT molecular complexity index is 993. The van der Waals surface area contributed by atoms with Crippen LogP contribution in [0.15, 0.2) is 34.3 Å². The molecule has 1 unspecified atom stereocenters. The number of nitrogens with zero attached hydrogens (tertiary/aromatic N) is 4. The summed E-state index contributed by atoms with van der Waals surface area (Å²) >= 11 is 1.39. The summed E-state index contributed by atoms with van der Waals surface area (Å²) < 4.78 is 28.8. The highest BCUT2D eigenvalue weighted by atomic mass is 32.2. The minimum atomic E-state index is -3.45. The monoisotopic (exact) mass is 435 g/mol. The van der Waals surface area contributed by atoms with Crippen molar-refractivity contribution in [3.05, 3.63) is 30.1 Å². The van der Waals surface area contributed by atoms with Crippen LogP contribution in [0.1, 0.15) is 44.5 Å². The topological polar surface area (TPSA) is 97.2 Å². The van der Waals surface area contributed by atoms with Gasteiger partial charge in [-0.3, -0.25) is 4.79 Å². The first-order chi connectivity index (χ1) is 13.9. The molecule has 1 aliphatic carbocycles. The molecule has 1 amide bonds. The first kappa shape index (κ1) is 20.4. The Kier molecular flexibility index (Phi) is 5.67. The Hall–Kier alpha value is -1.91. The average Bonchev–Trinajstić information content (AvgIpc) is 3.22. The summed E-state index contributed by atoms with van der Waals surface area (Å²) in [4.78, 5) is 12.9. The van der Waals surface area contributed by atoms with Crippen molar-refractivity contribution in [3.8, 4) is 0 Å². The molecule has 1 N–H and O–H groups in total. The Labute approximate surface area is 175 Å². The van der Waals surface area contributed by atoms with Gasteiger partial charge >= 0.3 is 0 Å². The molecule has 2 heterocycles. The van der Waals surface area contributed by atoms with E-state index in [1.165, 1.54) is 16.1 Å². The molecule has 156 valence electrons. The number of hydrogen-bond donors (Lipinski definition) is 1. The van der Waals surface area contributed by atoms with Gasteiger partial charge in [0.05, 0.1) is 10.1 Å². The third kappa shape index (κ3) is 4.34. The van der Waals surface area contributed by atoms with Crippen molar-refractivity contribution in [1.29, 1.82) is 0 Å². The van der Waals surface area contributed by atoms with Crippen LogP contribution in [-0.2, 0) is 14.8 Å². The lowest BCUT2D eigenvalue weighted by molar-refractivity contribution is -0.115. The van der Waals surface area contributed by atoms with Gasteiger partial charge in [-0.2, -0.15) is 4.31 Å². The molecule has 2 fully saturated rings. The lowest BCUT2D eigenvalue weighted by Crippen LogP contribution is -2.27. The van der Waals surface area contributed by atoms with Crippen LogP contribution in [0.3, 0.4) is 0 Å². The van der Waals surface area contributed by atoms with Crippen molar-refractivity contribution in [1.82, 2.24) is 19.1 Å². The molecule has 10 heteroatoms. The van der Waals surface area contributed by atoms with Gasteiger partial charge in [0.15, 0.2) is 5.16 Å². The third-order valence-electron chi connectivity index (χ3n) is 5.22. The third-order valence-corrected chi connectivity index (χ3v) is 8.19. The van der Waals surface area contributed by atoms with Gasteiger partial charge in [0.2, 0.25) is 15.9 Å². The predicted molar refractivity (Wildman–Crippen MR) is 111 cm³/mol. The number of thioether (sulfide) groups is 1. The summed E-state index contributed by atoms with van der Waals surface area (Å²) in [6.45, 7) is 4.90. The second-order valence-corrected chi connectivity index (χ2v) is 10.8. The SMILES string of the molecule is Cc1nnc(SC(C)C(=O)Nc2ccc(S(=O)(=O)N3CCCC3)cc2)n1C1CC1. The lowest BCUT2D eigenvalue weighted by atomic mass is 10.3. The molecule has 1 saturated heterocycles. The molecule has 0 bridgehead atoms. The van der Waals surface area contributed by atoms with E-state index in [0.717, 1.165) is 36.7 Å². The molecule has 2 aliphatic rings. The van der Waals surface area contributed by atoms with E-state index in [9.17, 15) is 13.2 Å². The molecule has 0 radical (unpaired) electrons. The fraction of sp³-hybridized carbons (Fsp3) is 0.526. The molecule has 1 saturated carbocycles. The summed E-state index contributed by atoms with van der Waals surface area (Å²) in [5, 5.41) is 11.6. The van der Waals surface area contributed by atoms with E-state index >= 15 is 0 Å². The molecule has 1 atom stereocenters. The van der Waals surface area contributed by atoms with Gasteiger partial charge in [-0.05, 0) is 63.8 Å². The molecule has 1 aliphatic heterocycles. The van der Waals surface area contributed by atoms with Crippen LogP contribution >= 0.6 is 11.8 Å². The first-order valence-corrected chi connectivity index (χ1v) is 12.2. The van der Waals surface area contributed by atoms with Crippen LogP contribution in [0.25, 0.3) is 0 Å². The standard InChI is InChI=1S/C19H25N5O3S2/c1-13(28-19-22-21-14(2)24(19)16-7-8-16)18(25)20-15-5-9-17(10-6-15)29(26,27)23-11-3-4-12-23/h5-6,9-10,13,16H,3-4,7-8,11-12H2,1-2H3,(H,20,25). The van der Waals surface area contributed by atoms with E-state index in [2.05, 4.69) is 20.1 Å². The Morgan fingerprint density at radius 1 is 1.17 bits per heavy atom. The smallest absolute Gasteiger partial charge is 0.243 e. The second-order valence-electron chi connectivity index (χ2n) is 7.52. The molecule has 4 rings (SSSR count). The molecule has 0 spiro atoms. The zero-order chi connectivity index (χ0) is 20.6. The first-order valence-electron chi connectivity index (χ1n) is 9.85. The molecule has 8 nitrogen and oxygen atoms in total. The molecular formula is C19H25N5O3S2. The van der Waals surface area contributed by atoms with Crippen molar-refractivity contribution < 1.29 is 13.2 Å². The van der Waals surface area contributed by atoms with Gasteiger partial charge in [-0.1, -0.05) is 11.8 Å². The average molecular weight is 436 g/mol. The van der Waals surface area contributed by atoms with E-state index in [-0.39, 0.29) is 16.1 Å². The number of carbonyl (C=O) groups excluding carboxylic acids is 1. The van der Waals surface area contributed by atoms with Crippen molar-refractivity contribution >= 4 is 33.4 Å².